The largest absolute Gasteiger partial charge is 0.618 e. The summed E-state index contributed by atoms with van der Waals surface area (Å²) in [5.41, 5.74) is 3.11. The van der Waals surface area contributed by atoms with E-state index in [1.165, 1.54) is 31.5 Å². The fourth-order valence-electron chi connectivity index (χ4n) is 4.90. The molecular weight excluding hydrogens is 572 g/mol. The van der Waals surface area contributed by atoms with Gasteiger partial charge in [0.2, 0.25) is 11.6 Å². The molecule has 4 aromatic rings. The van der Waals surface area contributed by atoms with Gasteiger partial charge < -0.3 is 25.0 Å². The SMILES string of the molecule is COC(=O)Nc1ccc2c(c1)NC(=O)CCCCC(c1ccc(-c3cc(Cl)ccc3OC(F)F)c[n+]1[O-])c1ncc-2[nH]1. The summed E-state index contributed by atoms with van der Waals surface area (Å²) in [5.74, 6) is -0.213. The van der Waals surface area contributed by atoms with E-state index in [2.05, 4.69) is 30.1 Å². The molecule has 3 heterocycles. The topological polar surface area (TPSA) is 132 Å². The number of pyridine rings is 1. The summed E-state index contributed by atoms with van der Waals surface area (Å²) in [6, 6.07) is 12.5. The molecule has 0 radical (unpaired) electrons. The van der Waals surface area contributed by atoms with Gasteiger partial charge >= 0.3 is 12.7 Å². The van der Waals surface area contributed by atoms with Gasteiger partial charge in [-0.2, -0.15) is 13.5 Å². The molecule has 2 bridgehead atoms. The Morgan fingerprint density at radius 3 is 2.76 bits per heavy atom. The quantitative estimate of drug-likeness (QED) is 0.179. The summed E-state index contributed by atoms with van der Waals surface area (Å²) < 4.78 is 35.9. The van der Waals surface area contributed by atoms with Gasteiger partial charge in [0.25, 0.3) is 0 Å². The molecule has 0 saturated carbocycles. The second-order valence-electron chi connectivity index (χ2n) is 9.59. The number of alkyl halides is 2. The minimum atomic E-state index is -3.05. The number of nitrogens with zero attached hydrogens (tertiary/aromatic N) is 2. The van der Waals surface area contributed by atoms with Crippen molar-refractivity contribution < 1.29 is 32.6 Å². The number of methoxy groups -OCH3 is 1. The number of anilines is 2. The van der Waals surface area contributed by atoms with Crippen LogP contribution in [0.25, 0.3) is 22.4 Å². The Morgan fingerprint density at radius 1 is 1.17 bits per heavy atom. The predicted molar refractivity (Wildman–Crippen MR) is 151 cm³/mol. The zero-order valence-electron chi connectivity index (χ0n) is 22.3. The van der Waals surface area contributed by atoms with Gasteiger partial charge in [-0.25, -0.2) is 9.78 Å². The monoisotopic (exact) mass is 597 g/mol. The number of hydrogen-bond donors (Lipinski definition) is 3. The van der Waals surface area contributed by atoms with Gasteiger partial charge in [0.1, 0.15) is 17.5 Å². The number of amides is 2. The highest BCUT2D eigenvalue weighted by Crippen LogP contribution is 2.36. The van der Waals surface area contributed by atoms with E-state index in [0.717, 1.165) is 0 Å². The molecule has 5 rings (SSSR count). The van der Waals surface area contributed by atoms with E-state index in [4.69, 9.17) is 11.6 Å². The van der Waals surface area contributed by atoms with Crippen LogP contribution in [0.2, 0.25) is 5.02 Å². The van der Waals surface area contributed by atoms with Crippen molar-refractivity contribution in [3.05, 3.63) is 82.7 Å². The first kappa shape index (κ1) is 28.8. The Kier molecular flexibility index (Phi) is 8.53. The first-order valence-electron chi connectivity index (χ1n) is 13.0. The number of halogens is 3. The number of hydrogen-bond acceptors (Lipinski definition) is 6. The lowest BCUT2D eigenvalue weighted by Gasteiger charge is -2.17. The molecular formula is C29H26ClF2N5O5. The Morgan fingerprint density at radius 2 is 2.00 bits per heavy atom. The van der Waals surface area contributed by atoms with Crippen molar-refractivity contribution in [1.29, 1.82) is 0 Å². The smallest absolute Gasteiger partial charge is 0.411 e. The molecule has 0 saturated heterocycles. The van der Waals surface area contributed by atoms with Crippen molar-refractivity contribution in [2.24, 2.45) is 0 Å². The Labute approximate surface area is 244 Å². The number of ether oxygens (including phenoxy) is 2. The van der Waals surface area contributed by atoms with Crippen LogP contribution in [0.15, 0.2) is 60.9 Å². The van der Waals surface area contributed by atoms with Gasteiger partial charge in [0, 0.05) is 34.3 Å². The van der Waals surface area contributed by atoms with Crippen molar-refractivity contribution in [2.75, 3.05) is 17.7 Å². The summed E-state index contributed by atoms with van der Waals surface area (Å²) >= 11 is 6.10. The van der Waals surface area contributed by atoms with Crippen molar-refractivity contribution >= 4 is 35.0 Å². The van der Waals surface area contributed by atoms with E-state index < -0.39 is 18.6 Å². The Bertz CT molecular complexity index is 1630. The lowest BCUT2D eigenvalue weighted by molar-refractivity contribution is -0.614. The average Bonchev–Trinajstić information content (AvgIpc) is 3.43. The van der Waals surface area contributed by atoms with Gasteiger partial charge in [-0.3, -0.25) is 10.1 Å². The molecule has 1 aliphatic rings. The van der Waals surface area contributed by atoms with Crippen LogP contribution in [0.5, 0.6) is 5.75 Å². The zero-order valence-corrected chi connectivity index (χ0v) is 23.1. The van der Waals surface area contributed by atoms with Gasteiger partial charge in [-0.1, -0.05) is 18.0 Å². The minimum Gasteiger partial charge on any atom is -0.618 e. The van der Waals surface area contributed by atoms with E-state index in [1.54, 1.807) is 36.5 Å². The summed E-state index contributed by atoms with van der Waals surface area (Å²) in [4.78, 5) is 32.3. The average molecular weight is 598 g/mol. The fraction of sp³-hybridized carbons (Fsp3) is 0.241. The lowest BCUT2D eigenvalue weighted by atomic mass is 9.95. The van der Waals surface area contributed by atoms with Crippen molar-refractivity contribution in [2.45, 2.75) is 38.2 Å². The standard InChI is InChI=1S/C29H26ClF2N5O5/c1-41-29(39)34-18-8-9-19-22(13-18)35-26(38)5-3-2-4-20(27-33-14-23(19)36-27)24-10-6-16(15-37(24)40)21-12-17(30)7-11-25(21)42-28(31)32/h6-15,20,28H,2-5H2,1H3,(H,33,36)(H,34,39)(H,35,38). The summed E-state index contributed by atoms with van der Waals surface area (Å²) in [7, 11) is 1.25. The first-order chi connectivity index (χ1) is 20.2. The van der Waals surface area contributed by atoms with Crippen LogP contribution in [0.1, 0.15) is 43.1 Å². The third-order valence-electron chi connectivity index (χ3n) is 6.86. The number of benzene rings is 2. The lowest BCUT2D eigenvalue weighted by Crippen LogP contribution is -2.34. The van der Waals surface area contributed by atoms with E-state index in [9.17, 15) is 23.6 Å². The molecule has 42 heavy (non-hydrogen) atoms. The molecule has 218 valence electrons. The van der Waals surface area contributed by atoms with Crippen molar-refractivity contribution in [3.8, 4) is 28.1 Å². The Balaban J connectivity index is 1.51. The van der Waals surface area contributed by atoms with Gasteiger partial charge in [-0.15, -0.1) is 0 Å². The molecule has 0 fully saturated rings. The van der Waals surface area contributed by atoms with Gasteiger partial charge in [0.15, 0.2) is 6.20 Å². The molecule has 3 N–H and O–H groups in total. The van der Waals surface area contributed by atoms with Crippen LogP contribution in [-0.4, -0.2) is 35.7 Å². The molecule has 2 aromatic carbocycles. The van der Waals surface area contributed by atoms with Crippen LogP contribution in [0.3, 0.4) is 0 Å². The zero-order chi connectivity index (χ0) is 29.8. The number of H-pyrrole nitrogens is 1. The number of aromatic nitrogens is 3. The first-order valence-corrected chi connectivity index (χ1v) is 13.4. The summed E-state index contributed by atoms with van der Waals surface area (Å²) in [6.45, 7) is -3.05. The highest BCUT2D eigenvalue weighted by Gasteiger charge is 2.27. The van der Waals surface area contributed by atoms with E-state index in [-0.39, 0.29) is 23.6 Å². The predicted octanol–water partition coefficient (Wildman–Crippen LogP) is 6.45. The molecule has 0 aliphatic carbocycles. The number of carbonyl (C=O) groups is 2. The maximum Gasteiger partial charge on any atom is 0.411 e. The maximum absolute atomic E-state index is 13.4. The molecule has 2 aromatic heterocycles. The number of fused-ring (bicyclic) bond motifs is 4. The molecule has 0 spiro atoms. The second-order valence-corrected chi connectivity index (χ2v) is 10.0. The van der Waals surface area contributed by atoms with Crippen molar-refractivity contribution in [3.63, 3.8) is 0 Å². The second kappa shape index (κ2) is 12.4. The molecule has 13 heteroatoms. The Hall–Kier alpha value is -4.71. The molecule has 1 atom stereocenters. The number of nitrogens with one attached hydrogen (secondary N) is 3. The van der Waals surface area contributed by atoms with Gasteiger partial charge in [-0.05, 0) is 55.3 Å². The van der Waals surface area contributed by atoms with Gasteiger partial charge in [0.05, 0.1) is 30.3 Å². The summed E-state index contributed by atoms with van der Waals surface area (Å²) in [6.07, 6.45) is 4.20. The van der Waals surface area contributed by atoms with Crippen LogP contribution in [0.4, 0.5) is 25.0 Å². The van der Waals surface area contributed by atoms with Crippen LogP contribution < -0.4 is 20.1 Å². The minimum absolute atomic E-state index is 0.106. The maximum atomic E-state index is 13.4. The number of aromatic amines is 1. The van der Waals surface area contributed by atoms with Crippen LogP contribution >= 0.6 is 11.6 Å². The van der Waals surface area contributed by atoms with E-state index >= 15 is 0 Å². The van der Waals surface area contributed by atoms with Crippen molar-refractivity contribution in [1.82, 2.24) is 9.97 Å². The molecule has 1 aliphatic heterocycles. The van der Waals surface area contributed by atoms with Crippen LogP contribution in [-0.2, 0) is 9.53 Å². The molecule has 2 amide bonds. The molecule has 1 unspecified atom stereocenters. The fourth-order valence-corrected chi connectivity index (χ4v) is 5.07. The molecule has 10 nitrogen and oxygen atoms in total. The summed E-state index contributed by atoms with van der Waals surface area (Å²) in [5, 5.41) is 19.2. The van der Waals surface area contributed by atoms with Crippen LogP contribution in [0, 0.1) is 5.21 Å². The highest BCUT2D eigenvalue weighted by molar-refractivity contribution is 6.31. The third-order valence-corrected chi connectivity index (χ3v) is 7.09. The number of rotatable bonds is 5. The van der Waals surface area contributed by atoms with E-state index in [0.29, 0.717) is 68.7 Å². The third kappa shape index (κ3) is 6.44. The highest BCUT2D eigenvalue weighted by atomic mass is 35.5. The number of carbonyl (C=O) groups excluding carboxylic acids is 2. The normalized spacial score (nSPS) is 15.2. The van der Waals surface area contributed by atoms with E-state index in [1.807, 2.05) is 0 Å². The number of imidazole rings is 1.